The molecule has 9 nitrogen and oxygen atoms in total. The van der Waals surface area contributed by atoms with Crippen molar-refractivity contribution in [2.24, 2.45) is 0 Å². The monoisotopic (exact) mass is 404 g/mol. The van der Waals surface area contributed by atoms with E-state index in [-0.39, 0.29) is 24.7 Å². The van der Waals surface area contributed by atoms with Crippen molar-refractivity contribution in [2.75, 3.05) is 17.2 Å². The number of hydrogen-bond acceptors (Lipinski definition) is 10. The SMILES string of the molecule is CCOC(=O)Cc1csc(NC(=O)Cc2csc(Nc3ncccn3)n2)n1. The summed E-state index contributed by atoms with van der Waals surface area (Å²) < 4.78 is 4.88. The number of nitrogens with zero attached hydrogens (tertiary/aromatic N) is 4. The number of carbonyl (C=O) groups excluding carboxylic acids is 2. The van der Waals surface area contributed by atoms with Crippen molar-refractivity contribution in [3.8, 4) is 0 Å². The van der Waals surface area contributed by atoms with Crippen LogP contribution in [0.1, 0.15) is 18.3 Å². The number of amides is 1. The van der Waals surface area contributed by atoms with Gasteiger partial charge in [-0.3, -0.25) is 9.59 Å². The van der Waals surface area contributed by atoms with Gasteiger partial charge in [0, 0.05) is 23.2 Å². The van der Waals surface area contributed by atoms with E-state index >= 15 is 0 Å². The maximum Gasteiger partial charge on any atom is 0.311 e. The van der Waals surface area contributed by atoms with Gasteiger partial charge < -0.3 is 15.4 Å². The van der Waals surface area contributed by atoms with E-state index in [1.54, 1.807) is 36.1 Å². The number of anilines is 3. The lowest BCUT2D eigenvalue weighted by Crippen LogP contribution is -2.14. The van der Waals surface area contributed by atoms with Gasteiger partial charge in [-0.25, -0.2) is 19.9 Å². The van der Waals surface area contributed by atoms with Crippen LogP contribution in [0, 0.1) is 0 Å². The molecule has 0 saturated carbocycles. The first-order chi connectivity index (χ1) is 13.1. The number of nitrogens with one attached hydrogen (secondary N) is 2. The summed E-state index contributed by atoms with van der Waals surface area (Å²) in [5, 5.41) is 10.2. The molecular formula is C16H16N6O3S2. The molecule has 27 heavy (non-hydrogen) atoms. The Morgan fingerprint density at radius 1 is 1.04 bits per heavy atom. The molecule has 0 radical (unpaired) electrons. The van der Waals surface area contributed by atoms with E-state index in [9.17, 15) is 9.59 Å². The Labute approximate surface area is 162 Å². The Morgan fingerprint density at radius 2 is 1.70 bits per heavy atom. The highest BCUT2D eigenvalue weighted by molar-refractivity contribution is 7.14. The Morgan fingerprint density at radius 3 is 2.44 bits per heavy atom. The largest absolute Gasteiger partial charge is 0.466 e. The zero-order valence-corrected chi connectivity index (χ0v) is 16.0. The summed E-state index contributed by atoms with van der Waals surface area (Å²) in [5.74, 6) is -0.134. The zero-order valence-electron chi connectivity index (χ0n) is 14.3. The topological polar surface area (TPSA) is 119 Å². The molecule has 0 unspecified atom stereocenters. The summed E-state index contributed by atoms with van der Waals surface area (Å²) in [6, 6.07) is 1.72. The van der Waals surface area contributed by atoms with Crippen LogP contribution in [0.2, 0.25) is 0 Å². The molecule has 0 aliphatic heterocycles. The van der Waals surface area contributed by atoms with Crippen molar-refractivity contribution < 1.29 is 14.3 Å². The number of thiazole rings is 2. The average molecular weight is 404 g/mol. The second-order valence-electron chi connectivity index (χ2n) is 5.19. The minimum Gasteiger partial charge on any atom is -0.466 e. The number of ether oxygens (including phenoxy) is 1. The molecule has 3 heterocycles. The van der Waals surface area contributed by atoms with Crippen LogP contribution in [0.25, 0.3) is 0 Å². The van der Waals surface area contributed by atoms with E-state index in [2.05, 4.69) is 30.6 Å². The molecular weight excluding hydrogens is 388 g/mol. The molecule has 0 fully saturated rings. The van der Waals surface area contributed by atoms with Crippen LogP contribution >= 0.6 is 22.7 Å². The van der Waals surface area contributed by atoms with Gasteiger partial charge in [0.05, 0.1) is 30.8 Å². The molecule has 3 rings (SSSR count). The van der Waals surface area contributed by atoms with Crippen molar-refractivity contribution in [1.29, 1.82) is 0 Å². The molecule has 0 atom stereocenters. The van der Waals surface area contributed by atoms with Crippen molar-refractivity contribution in [3.05, 3.63) is 40.6 Å². The lowest BCUT2D eigenvalue weighted by atomic mass is 10.3. The predicted octanol–water partition coefficient (Wildman–Crippen LogP) is 2.42. The highest BCUT2D eigenvalue weighted by Gasteiger charge is 2.12. The van der Waals surface area contributed by atoms with Gasteiger partial charge in [0.1, 0.15) is 0 Å². The van der Waals surface area contributed by atoms with Gasteiger partial charge in [0.15, 0.2) is 10.3 Å². The van der Waals surface area contributed by atoms with Gasteiger partial charge in [-0.05, 0) is 13.0 Å². The molecule has 2 N–H and O–H groups in total. The summed E-state index contributed by atoms with van der Waals surface area (Å²) >= 11 is 2.62. The van der Waals surface area contributed by atoms with Crippen molar-refractivity contribution in [1.82, 2.24) is 19.9 Å². The first-order valence-corrected chi connectivity index (χ1v) is 9.76. The Hall–Kier alpha value is -2.92. The van der Waals surface area contributed by atoms with Crippen molar-refractivity contribution in [3.63, 3.8) is 0 Å². The number of esters is 1. The molecule has 1 amide bonds. The third-order valence-corrected chi connectivity index (χ3v) is 4.72. The number of hydrogen-bond donors (Lipinski definition) is 2. The predicted molar refractivity (Wildman–Crippen MR) is 102 cm³/mol. The maximum atomic E-state index is 12.2. The number of rotatable bonds is 8. The molecule has 0 saturated heterocycles. The minimum absolute atomic E-state index is 0.0862. The number of carbonyl (C=O) groups is 2. The minimum atomic E-state index is -0.342. The fourth-order valence-corrected chi connectivity index (χ4v) is 3.47. The quantitative estimate of drug-likeness (QED) is 0.550. The van der Waals surface area contributed by atoms with Crippen LogP contribution < -0.4 is 10.6 Å². The van der Waals surface area contributed by atoms with Crippen LogP contribution in [0.4, 0.5) is 16.2 Å². The van der Waals surface area contributed by atoms with E-state index in [1.165, 1.54) is 22.7 Å². The Kier molecular flexibility index (Phi) is 6.39. The van der Waals surface area contributed by atoms with Crippen LogP contribution in [0.5, 0.6) is 0 Å². The summed E-state index contributed by atoms with van der Waals surface area (Å²) in [6.45, 7) is 2.07. The summed E-state index contributed by atoms with van der Waals surface area (Å²) in [6.07, 6.45) is 3.45. The summed E-state index contributed by atoms with van der Waals surface area (Å²) in [5.41, 5.74) is 1.19. The highest BCUT2D eigenvalue weighted by atomic mass is 32.1. The molecule has 0 spiro atoms. The average Bonchev–Trinajstić information content (AvgIpc) is 3.25. The molecule has 0 aliphatic rings. The molecule has 11 heteroatoms. The molecule has 0 bridgehead atoms. The van der Waals surface area contributed by atoms with E-state index in [1.807, 2.05) is 0 Å². The molecule has 0 aliphatic carbocycles. The standard InChI is InChI=1S/C16H16N6O3S2/c1-2-25-13(24)7-11-9-26-15(20-11)21-12(23)6-10-8-27-16(19-10)22-14-17-4-3-5-18-14/h3-5,8-9H,2,6-7H2,1H3,(H,20,21,23)(H,17,18,19,22). The lowest BCUT2D eigenvalue weighted by Gasteiger charge is -2.00. The van der Waals surface area contributed by atoms with Crippen molar-refractivity contribution in [2.45, 2.75) is 19.8 Å². The Bertz CT molecular complexity index is 912. The third-order valence-electron chi connectivity index (χ3n) is 3.11. The smallest absolute Gasteiger partial charge is 0.311 e. The molecule has 3 aromatic heterocycles. The highest BCUT2D eigenvalue weighted by Crippen LogP contribution is 2.20. The van der Waals surface area contributed by atoms with E-state index in [0.717, 1.165) is 0 Å². The van der Waals surface area contributed by atoms with Gasteiger partial charge >= 0.3 is 5.97 Å². The van der Waals surface area contributed by atoms with E-state index in [0.29, 0.717) is 34.2 Å². The zero-order chi connectivity index (χ0) is 19.1. The van der Waals surface area contributed by atoms with Gasteiger partial charge in [-0.2, -0.15) is 0 Å². The Balaban J connectivity index is 1.51. The number of aromatic nitrogens is 4. The van der Waals surface area contributed by atoms with Crippen LogP contribution in [0.15, 0.2) is 29.2 Å². The normalized spacial score (nSPS) is 10.4. The van der Waals surface area contributed by atoms with Gasteiger partial charge in [-0.1, -0.05) is 0 Å². The molecule has 140 valence electrons. The van der Waals surface area contributed by atoms with Crippen LogP contribution in [-0.4, -0.2) is 38.4 Å². The van der Waals surface area contributed by atoms with E-state index < -0.39 is 0 Å². The summed E-state index contributed by atoms with van der Waals surface area (Å²) in [7, 11) is 0. The van der Waals surface area contributed by atoms with Gasteiger partial charge in [0.2, 0.25) is 11.9 Å². The van der Waals surface area contributed by atoms with Gasteiger partial charge in [-0.15, -0.1) is 22.7 Å². The first-order valence-electron chi connectivity index (χ1n) is 8.00. The second kappa shape index (κ2) is 9.14. The second-order valence-corrected chi connectivity index (χ2v) is 6.91. The lowest BCUT2D eigenvalue weighted by molar-refractivity contribution is -0.142. The summed E-state index contributed by atoms with van der Waals surface area (Å²) in [4.78, 5) is 40.3. The molecule has 0 aromatic carbocycles. The third kappa shape index (κ3) is 5.79. The first kappa shape index (κ1) is 18.9. The fraction of sp³-hybridized carbons (Fsp3) is 0.250. The van der Waals surface area contributed by atoms with Crippen LogP contribution in [-0.2, 0) is 27.2 Å². The van der Waals surface area contributed by atoms with E-state index in [4.69, 9.17) is 4.74 Å². The fourth-order valence-electron chi connectivity index (χ4n) is 2.04. The van der Waals surface area contributed by atoms with Gasteiger partial charge in [0.25, 0.3) is 0 Å². The molecule has 3 aromatic rings. The van der Waals surface area contributed by atoms with Crippen LogP contribution in [0.3, 0.4) is 0 Å². The van der Waals surface area contributed by atoms with Crippen molar-refractivity contribution >= 4 is 50.8 Å². The maximum absolute atomic E-state index is 12.2.